The topological polar surface area (TPSA) is 29.5 Å². The lowest BCUT2D eigenvalue weighted by atomic mass is 10.0. The summed E-state index contributed by atoms with van der Waals surface area (Å²) in [7, 11) is 0. The molecular weight excluding hydrogens is 291 g/mol. The normalized spacial score (nSPS) is 15.8. The van der Waals surface area contributed by atoms with Gasteiger partial charge >= 0.3 is 0 Å². The van der Waals surface area contributed by atoms with Crippen LogP contribution in [0, 0.1) is 5.82 Å². The molecule has 1 atom stereocenters. The van der Waals surface area contributed by atoms with Gasteiger partial charge < -0.3 is 9.84 Å². The van der Waals surface area contributed by atoms with Crippen molar-refractivity contribution in [2.45, 2.75) is 31.5 Å². The van der Waals surface area contributed by atoms with Crippen LogP contribution in [0.15, 0.2) is 42.5 Å². The Morgan fingerprint density at radius 2 is 1.90 bits per heavy atom. The summed E-state index contributed by atoms with van der Waals surface area (Å²) < 4.78 is 19.5. The molecule has 0 aliphatic heterocycles. The molecule has 0 spiro atoms. The van der Waals surface area contributed by atoms with Crippen molar-refractivity contribution in [2.75, 3.05) is 0 Å². The zero-order chi connectivity index (χ0) is 14.8. The minimum absolute atomic E-state index is 0.0767. The van der Waals surface area contributed by atoms with Crippen LogP contribution in [0.5, 0.6) is 5.75 Å². The van der Waals surface area contributed by atoms with E-state index in [0.29, 0.717) is 11.7 Å². The van der Waals surface area contributed by atoms with E-state index in [4.69, 9.17) is 16.3 Å². The Balaban J connectivity index is 1.69. The number of rotatable bonds is 5. The molecule has 1 saturated carbocycles. The summed E-state index contributed by atoms with van der Waals surface area (Å²) in [6.45, 7) is 0. The number of halogens is 2. The largest absolute Gasteiger partial charge is 0.490 e. The molecule has 2 aromatic rings. The highest BCUT2D eigenvalue weighted by Crippen LogP contribution is 2.28. The van der Waals surface area contributed by atoms with Gasteiger partial charge in [0.1, 0.15) is 11.6 Å². The van der Waals surface area contributed by atoms with Crippen LogP contribution in [-0.4, -0.2) is 11.2 Å². The van der Waals surface area contributed by atoms with Gasteiger partial charge in [0.2, 0.25) is 0 Å². The van der Waals surface area contributed by atoms with Crippen LogP contribution in [0.2, 0.25) is 5.02 Å². The number of hydrogen-bond donors (Lipinski definition) is 1. The van der Waals surface area contributed by atoms with Gasteiger partial charge in [0.05, 0.1) is 17.2 Å². The summed E-state index contributed by atoms with van der Waals surface area (Å²) in [6.07, 6.45) is 1.99. The monoisotopic (exact) mass is 306 g/mol. The van der Waals surface area contributed by atoms with Gasteiger partial charge in [-0.2, -0.15) is 0 Å². The highest BCUT2D eigenvalue weighted by atomic mass is 35.5. The molecule has 110 valence electrons. The van der Waals surface area contributed by atoms with E-state index in [-0.39, 0.29) is 11.4 Å². The van der Waals surface area contributed by atoms with E-state index in [0.717, 1.165) is 24.2 Å². The lowest BCUT2D eigenvalue weighted by Crippen LogP contribution is -2.04. The molecule has 1 N–H and O–H groups in total. The Labute approximate surface area is 128 Å². The number of aliphatic hydroxyl groups is 1. The standard InChI is InChI=1S/C17H16ClFO2/c18-15-3-1-2-12(17(15)19)10-16(20)11-4-6-13(7-5-11)21-14-8-9-14/h1-7,14,16,20H,8-10H2. The summed E-state index contributed by atoms with van der Waals surface area (Å²) in [6, 6.07) is 12.1. The van der Waals surface area contributed by atoms with Gasteiger partial charge in [0.15, 0.2) is 0 Å². The third-order valence-electron chi connectivity index (χ3n) is 3.54. The smallest absolute Gasteiger partial charge is 0.145 e. The van der Waals surface area contributed by atoms with Crippen molar-refractivity contribution in [3.05, 3.63) is 64.4 Å². The van der Waals surface area contributed by atoms with Crippen LogP contribution < -0.4 is 4.74 Å². The van der Waals surface area contributed by atoms with Gasteiger partial charge in [-0.3, -0.25) is 0 Å². The van der Waals surface area contributed by atoms with Gasteiger partial charge in [-0.1, -0.05) is 35.9 Å². The average molecular weight is 307 g/mol. The molecule has 4 heteroatoms. The van der Waals surface area contributed by atoms with Crippen molar-refractivity contribution in [3.8, 4) is 5.75 Å². The molecule has 0 bridgehead atoms. The second-order valence-electron chi connectivity index (χ2n) is 5.32. The highest BCUT2D eigenvalue weighted by Gasteiger charge is 2.23. The fourth-order valence-electron chi connectivity index (χ4n) is 2.18. The summed E-state index contributed by atoms with van der Waals surface area (Å²) in [4.78, 5) is 0. The molecule has 21 heavy (non-hydrogen) atoms. The first kappa shape index (κ1) is 14.4. The minimum atomic E-state index is -0.770. The van der Waals surface area contributed by atoms with Crippen LogP contribution in [-0.2, 0) is 6.42 Å². The van der Waals surface area contributed by atoms with Crippen molar-refractivity contribution in [1.29, 1.82) is 0 Å². The van der Waals surface area contributed by atoms with Crippen LogP contribution in [0.3, 0.4) is 0 Å². The molecule has 2 nitrogen and oxygen atoms in total. The maximum absolute atomic E-state index is 13.8. The number of hydrogen-bond acceptors (Lipinski definition) is 2. The first-order valence-corrected chi connectivity index (χ1v) is 7.39. The maximum atomic E-state index is 13.8. The van der Waals surface area contributed by atoms with Crippen molar-refractivity contribution >= 4 is 11.6 Å². The molecule has 0 aromatic heterocycles. The van der Waals surface area contributed by atoms with Gasteiger partial charge in [-0.25, -0.2) is 4.39 Å². The predicted octanol–water partition coefficient (Wildman–Crippen LogP) is 4.30. The molecular formula is C17H16ClFO2. The second kappa shape index (κ2) is 6.04. The summed E-state index contributed by atoms with van der Waals surface area (Å²) in [5, 5.41) is 10.3. The molecule has 0 saturated heterocycles. The summed E-state index contributed by atoms with van der Waals surface area (Å²) in [5.41, 5.74) is 1.14. The quantitative estimate of drug-likeness (QED) is 0.892. The van der Waals surface area contributed by atoms with E-state index >= 15 is 0 Å². The molecule has 0 heterocycles. The fraction of sp³-hybridized carbons (Fsp3) is 0.294. The van der Waals surface area contributed by atoms with Crippen molar-refractivity contribution in [1.82, 2.24) is 0 Å². The van der Waals surface area contributed by atoms with Gasteiger partial charge in [-0.05, 0) is 42.2 Å². The molecule has 1 aliphatic rings. The Bertz CT molecular complexity index is 623. The Morgan fingerprint density at radius 1 is 1.19 bits per heavy atom. The first-order valence-electron chi connectivity index (χ1n) is 7.01. The Hall–Kier alpha value is -1.58. The minimum Gasteiger partial charge on any atom is -0.490 e. The SMILES string of the molecule is OC(Cc1cccc(Cl)c1F)c1ccc(OC2CC2)cc1. The van der Waals surface area contributed by atoms with Gasteiger partial charge in [0.25, 0.3) is 0 Å². The fourth-order valence-corrected chi connectivity index (χ4v) is 2.37. The number of ether oxygens (including phenoxy) is 1. The van der Waals surface area contributed by atoms with E-state index < -0.39 is 11.9 Å². The molecule has 3 rings (SSSR count). The summed E-state index contributed by atoms with van der Waals surface area (Å²) >= 11 is 5.75. The predicted molar refractivity (Wildman–Crippen MR) is 80.2 cm³/mol. The zero-order valence-corrected chi connectivity index (χ0v) is 12.2. The van der Waals surface area contributed by atoms with Crippen molar-refractivity contribution < 1.29 is 14.2 Å². The van der Waals surface area contributed by atoms with Crippen LogP contribution >= 0.6 is 11.6 Å². The maximum Gasteiger partial charge on any atom is 0.145 e. The molecule has 0 amide bonds. The van der Waals surface area contributed by atoms with E-state index in [9.17, 15) is 9.50 Å². The lowest BCUT2D eigenvalue weighted by Gasteiger charge is -2.13. The second-order valence-corrected chi connectivity index (χ2v) is 5.73. The van der Waals surface area contributed by atoms with E-state index in [1.807, 2.05) is 24.3 Å². The third kappa shape index (κ3) is 3.55. The molecule has 0 radical (unpaired) electrons. The third-order valence-corrected chi connectivity index (χ3v) is 3.83. The van der Waals surface area contributed by atoms with Gasteiger partial charge in [0, 0.05) is 6.42 Å². The lowest BCUT2D eigenvalue weighted by molar-refractivity contribution is 0.177. The Morgan fingerprint density at radius 3 is 2.57 bits per heavy atom. The van der Waals surface area contributed by atoms with Crippen LogP contribution in [0.1, 0.15) is 30.1 Å². The van der Waals surface area contributed by atoms with Crippen molar-refractivity contribution in [2.24, 2.45) is 0 Å². The molecule has 1 fully saturated rings. The Kier molecular flexibility index (Phi) is 4.13. The summed E-state index contributed by atoms with van der Waals surface area (Å²) in [5.74, 6) is 0.342. The van der Waals surface area contributed by atoms with Crippen LogP contribution in [0.4, 0.5) is 4.39 Å². The molecule has 1 unspecified atom stereocenters. The van der Waals surface area contributed by atoms with E-state index in [2.05, 4.69) is 0 Å². The molecule has 1 aliphatic carbocycles. The zero-order valence-electron chi connectivity index (χ0n) is 11.4. The van der Waals surface area contributed by atoms with E-state index in [1.165, 1.54) is 6.07 Å². The average Bonchev–Trinajstić information content (AvgIpc) is 3.28. The van der Waals surface area contributed by atoms with Gasteiger partial charge in [-0.15, -0.1) is 0 Å². The molecule has 2 aromatic carbocycles. The number of aliphatic hydroxyl groups excluding tert-OH is 1. The highest BCUT2D eigenvalue weighted by molar-refractivity contribution is 6.30. The van der Waals surface area contributed by atoms with Crippen molar-refractivity contribution in [3.63, 3.8) is 0 Å². The number of benzene rings is 2. The van der Waals surface area contributed by atoms with Crippen LogP contribution in [0.25, 0.3) is 0 Å². The van der Waals surface area contributed by atoms with E-state index in [1.54, 1.807) is 12.1 Å². The first-order chi connectivity index (χ1) is 10.1.